The number of ether oxygens (including phenoxy) is 1. The number of rotatable bonds is 4. The van der Waals surface area contributed by atoms with Crippen LogP contribution >= 0.6 is 15.9 Å². The van der Waals surface area contributed by atoms with E-state index >= 15 is 0 Å². The summed E-state index contributed by atoms with van der Waals surface area (Å²) in [6.45, 7) is 9.25. The van der Waals surface area contributed by atoms with E-state index in [-0.39, 0.29) is 6.10 Å². The number of esters is 1. The molecule has 6 heteroatoms. The minimum atomic E-state index is -1.32. The van der Waals surface area contributed by atoms with Crippen molar-refractivity contribution < 1.29 is 14.6 Å². The maximum absolute atomic E-state index is 12.4. The van der Waals surface area contributed by atoms with Gasteiger partial charge in [0.1, 0.15) is 0 Å². The molecule has 0 amide bonds. The predicted octanol–water partition coefficient (Wildman–Crippen LogP) is 4.22. The lowest BCUT2D eigenvalue weighted by atomic mass is 9.63. The first kappa shape index (κ1) is 19.6. The van der Waals surface area contributed by atoms with Gasteiger partial charge in [0.15, 0.2) is 6.10 Å². The van der Waals surface area contributed by atoms with Gasteiger partial charge >= 0.3 is 5.97 Å². The van der Waals surface area contributed by atoms with Gasteiger partial charge in [-0.2, -0.15) is 0 Å². The monoisotopic (exact) mass is 424 g/mol. The lowest BCUT2D eigenvalue weighted by Gasteiger charge is -2.49. The summed E-state index contributed by atoms with van der Waals surface area (Å²) in [5.74, 6) is -0.616. The van der Waals surface area contributed by atoms with Crippen LogP contribution < -0.4 is 4.90 Å². The second kappa shape index (κ2) is 7.47. The molecule has 26 heavy (non-hydrogen) atoms. The number of aliphatic hydroxyl groups excluding tert-OH is 1. The van der Waals surface area contributed by atoms with Crippen LogP contribution in [0.1, 0.15) is 69.0 Å². The molecule has 1 N–H and O–H groups in total. The molecule has 1 aliphatic heterocycles. The van der Waals surface area contributed by atoms with Gasteiger partial charge in [0.2, 0.25) is 0 Å². The zero-order valence-corrected chi connectivity index (χ0v) is 17.7. The highest BCUT2D eigenvalue weighted by atomic mass is 79.9. The van der Waals surface area contributed by atoms with E-state index in [4.69, 9.17) is 4.74 Å². The van der Waals surface area contributed by atoms with Crippen LogP contribution in [-0.4, -0.2) is 35.3 Å². The topological polar surface area (TPSA) is 62.7 Å². The average molecular weight is 425 g/mol. The summed E-state index contributed by atoms with van der Waals surface area (Å²) in [4.78, 5) is 19.2. The lowest BCUT2D eigenvalue weighted by Crippen LogP contribution is -2.44. The minimum Gasteiger partial charge on any atom is -0.461 e. The molecule has 1 aromatic heterocycles. The van der Waals surface area contributed by atoms with E-state index in [1.807, 2.05) is 13.8 Å². The van der Waals surface area contributed by atoms with Crippen LogP contribution in [0, 0.1) is 19.3 Å². The van der Waals surface area contributed by atoms with E-state index in [9.17, 15) is 9.90 Å². The molecule has 2 heterocycles. The van der Waals surface area contributed by atoms with Crippen molar-refractivity contribution in [3.63, 3.8) is 0 Å². The summed E-state index contributed by atoms with van der Waals surface area (Å²) < 4.78 is 6.10. The van der Waals surface area contributed by atoms with E-state index in [1.54, 1.807) is 13.8 Å². The molecular formula is C20H29BrN2O3. The fraction of sp³-hybridized carbons (Fsp3) is 0.700. The Bertz CT molecular complexity index is 691. The zero-order valence-electron chi connectivity index (χ0n) is 16.1. The van der Waals surface area contributed by atoms with Gasteiger partial charge in [-0.05, 0) is 74.7 Å². The number of aliphatic hydroxyl groups is 1. The van der Waals surface area contributed by atoms with Crippen LogP contribution in [0.2, 0.25) is 0 Å². The van der Waals surface area contributed by atoms with Gasteiger partial charge in [-0.25, -0.2) is 4.79 Å². The van der Waals surface area contributed by atoms with Crippen LogP contribution in [0.3, 0.4) is 0 Å². The summed E-state index contributed by atoms with van der Waals surface area (Å²) in [6, 6.07) is 0. The Balaban J connectivity index is 1.94. The molecule has 2 aliphatic rings. The number of nitrogens with zero attached hydrogens (tertiary/aromatic N) is 2. The van der Waals surface area contributed by atoms with Gasteiger partial charge in [-0.1, -0.05) is 6.42 Å². The van der Waals surface area contributed by atoms with Crippen molar-refractivity contribution in [2.75, 3.05) is 18.0 Å². The number of aromatic nitrogens is 1. The predicted molar refractivity (Wildman–Crippen MR) is 105 cm³/mol. The first-order valence-corrected chi connectivity index (χ1v) is 10.3. The van der Waals surface area contributed by atoms with Gasteiger partial charge < -0.3 is 14.7 Å². The molecular weight excluding hydrogens is 396 g/mol. The van der Waals surface area contributed by atoms with Gasteiger partial charge in [0.25, 0.3) is 0 Å². The third kappa shape index (κ3) is 3.63. The van der Waals surface area contributed by atoms with Crippen LogP contribution in [0.25, 0.3) is 0 Å². The Hall–Kier alpha value is -1.14. The van der Waals surface area contributed by atoms with Crippen LogP contribution in [0.15, 0.2) is 4.47 Å². The van der Waals surface area contributed by atoms with Crippen molar-refractivity contribution in [2.45, 2.75) is 72.0 Å². The van der Waals surface area contributed by atoms with Crippen molar-refractivity contribution in [2.24, 2.45) is 5.41 Å². The number of pyridine rings is 1. The van der Waals surface area contributed by atoms with E-state index in [0.29, 0.717) is 16.7 Å². The van der Waals surface area contributed by atoms with Crippen LogP contribution in [0.5, 0.6) is 0 Å². The zero-order chi connectivity index (χ0) is 19.1. The smallest absolute Gasteiger partial charge is 0.340 e. The number of hydrogen-bond donors (Lipinski definition) is 1. The minimum absolute atomic E-state index is 0.267. The second-order valence-electron chi connectivity index (χ2n) is 8.09. The van der Waals surface area contributed by atoms with Crippen molar-refractivity contribution in [1.29, 1.82) is 0 Å². The molecule has 144 valence electrons. The highest BCUT2D eigenvalue weighted by Gasteiger charge is 2.41. The van der Waals surface area contributed by atoms with Crippen molar-refractivity contribution in [1.82, 2.24) is 4.98 Å². The Kier molecular flexibility index (Phi) is 5.63. The van der Waals surface area contributed by atoms with Crippen LogP contribution in [-0.2, 0) is 9.53 Å². The largest absolute Gasteiger partial charge is 0.461 e. The maximum Gasteiger partial charge on any atom is 0.340 e. The van der Waals surface area contributed by atoms with Gasteiger partial charge in [0, 0.05) is 24.3 Å². The quantitative estimate of drug-likeness (QED) is 0.733. The lowest BCUT2D eigenvalue weighted by molar-refractivity contribution is -0.157. The number of carbonyl (C=O) groups is 1. The molecule has 1 aliphatic carbocycles. The SMILES string of the molecule is Cc1nc(C)c([C@H](O)C(=O)OC(C)C)c(N2CCC3(CCC3)CC2)c1Br. The van der Waals surface area contributed by atoms with Crippen molar-refractivity contribution >= 4 is 27.6 Å². The van der Waals surface area contributed by atoms with E-state index < -0.39 is 12.1 Å². The Morgan fingerprint density at radius 2 is 1.81 bits per heavy atom. The first-order valence-electron chi connectivity index (χ1n) is 9.54. The molecule has 0 bridgehead atoms. The molecule has 0 unspecified atom stereocenters. The molecule has 1 aromatic rings. The maximum atomic E-state index is 12.4. The highest BCUT2D eigenvalue weighted by Crippen LogP contribution is 2.50. The Morgan fingerprint density at radius 1 is 1.19 bits per heavy atom. The molecule has 1 saturated heterocycles. The summed E-state index contributed by atoms with van der Waals surface area (Å²) in [5, 5.41) is 10.7. The van der Waals surface area contributed by atoms with Gasteiger partial charge in [-0.3, -0.25) is 4.98 Å². The third-order valence-electron chi connectivity index (χ3n) is 5.91. The third-order valence-corrected chi connectivity index (χ3v) is 6.86. The molecule has 1 atom stereocenters. The number of aryl methyl sites for hydroxylation is 2. The highest BCUT2D eigenvalue weighted by molar-refractivity contribution is 9.10. The fourth-order valence-electron chi connectivity index (χ4n) is 4.25. The van der Waals surface area contributed by atoms with E-state index in [2.05, 4.69) is 25.8 Å². The summed E-state index contributed by atoms with van der Waals surface area (Å²) in [7, 11) is 0. The fourth-order valence-corrected chi connectivity index (χ4v) is 4.81. The Labute approximate surface area is 164 Å². The van der Waals surface area contributed by atoms with E-state index in [1.165, 1.54) is 32.1 Å². The number of hydrogen-bond acceptors (Lipinski definition) is 5. The summed E-state index contributed by atoms with van der Waals surface area (Å²) in [6.07, 6.45) is 4.78. The van der Waals surface area contributed by atoms with Gasteiger partial charge in [-0.15, -0.1) is 0 Å². The van der Waals surface area contributed by atoms with Crippen molar-refractivity contribution in [3.8, 4) is 0 Å². The Morgan fingerprint density at radius 3 is 2.31 bits per heavy atom. The average Bonchev–Trinajstić information content (AvgIpc) is 2.55. The molecule has 5 nitrogen and oxygen atoms in total. The first-order chi connectivity index (χ1) is 12.2. The molecule has 2 fully saturated rings. The van der Waals surface area contributed by atoms with Gasteiger partial charge in [0.05, 0.1) is 22.0 Å². The summed E-state index contributed by atoms with van der Waals surface area (Å²) in [5.41, 5.74) is 3.55. The number of piperidine rings is 1. The molecule has 3 rings (SSSR count). The van der Waals surface area contributed by atoms with Crippen molar-refractivity contribution in [3.05, 3.63) is 21.4 Å². The molecule has 1 spiro atoms. The molecule has 0 radical (unpaired) electrons. The second-order valence-corrected chi connectivity index (χ2v) is 8.88. The molecule has 0 aromatic carbocycles. The summed E-state index contributed by atoms with van der Waals surface area (Å²) >= 11 is 3.66. The standard InChI is InChI=1S/C20H29BrN2O3/c1-12(2)26-19(25)18(24)15-13(3)22-14(4)16(21)17(15)23-10-8-20(9-11-23)6-5-7-20/h12,18,24H,5-11H2,1-4H3/t18-/m0/s1. The normalized spacial score (nSPS) is 20.2. The number of anilines is 1. The molecule has 1 saturated carbocycles. The number of carbonyl (C=O) groups excluding carboxylic acids is 1. The van der Waals surface area contributed by atoms with Crippen LogP contribution in [0.4, 0.5) is 5.69 Å². The van der Waals surface area contributed by atoms with E-state index in [0.717, 1.165) is 28.9 Å². The number of halogens is 1.